The molecule has 3 rings (SSSR count). The lowest BCUT2D eigenvalue weighted by atomic mass is 10.2. The molecule has 0 fully saturated rings. The topological polar surface area (TPSA) is 73.9 Å². The second-order valence-corrected chi connectivity index (χ2v) is 5.46. The first-order valence-corrected chi connectivity index (χ1v) is 7.66. The molecule has 1 aliphatic rings. The maximum atomic E-state index is 13.1. The van der Waals surface area contributed by atoms with Crippen molar-refractivity contribution in [1.29, 1.82) is 0 Å². The maximum absolute atomic E-state index is 13.1. The molecule has 0 saturated heterocycles. The average Bonchev–Trinajstić information content (AvgIpc) is 3.07. The Morgan fingerprint density at radius 2 is 2.00 bits per heavy atom. The average molecular weight is 345 g/mol. The molecule has 0 aromatic heterocycles. The number of hydrogen-bond acceptors (Lipinski definition) is 5. The Morgan fingerprint density at radius 1 is 1.20 bits per heavy atom. The van der Waals surface area contributed by atoms with Gasteiger partial charge in [0.1, 0.15) is 5.82 Å². The van der Waals surface area contributed by atoms with Crippen LogP contribution in [-0.2, 0) is 16.1 Å². The van der Waals surface area contributed by atoms with Crippen molar-refractivity contribution in [2.24, 2.45) is 0 Å². The zero-order valence-corrected chi connectivity index (χ0v) is 13.5. The summed E-state index contributed by atoms with van der Waals surface area (Å²) in [6, 6.07) is 10.4. The number of esters is 1. The number of carbonyl (C=O) groups excluding carboxylic acids is 2. The zero-order valence-electron chi connectivity index (χ0n) is 13.5. The second kappa shape index (κ2) is 7.21. The van der Waals surface area contributed by atoms with Gasteiger partial charge in [0, 0.05) is 6.54 Å². The van der Waals surface area contributed by atoms with Gasteiger partial charge in [0.15, 0.2) is 17.6 Å². The van der Waals surface area contributed by atoms with Crippen LogP contribution in [0.1, 0.15) is 22.8 Å². The van der Waals surface area contributed by atoms with Crippen LogP contribution in [0.3, 0.4) is 0 Å². The van der Waals surface area contributed by atoms with E-state index in [9.17, 15) is 14.0 Å². The summed E-state index contributed by atoms with van der Waals surface area (Å²) in [7, 11) is 0. The minimum Gasteiger partial charge on any atom is -0.454 e. The van der Waals surface area contributed by atoms with Crippen LogP contribution in [0.4, 0.5) is 4.39 Å². The lowest BCUT2D eigenvalue weighted by Gasteiger charge is -2.13. The highest BCUT2D eigenvalue weighted by Gasteiger charge is 2.19. The quantitative estimate of drug-likeness (QED) is 0.843. The minimum atomic E-state index is -1.01. The van der Waals surface area contributed by atoms with Crippen molar-refractivity contribution in [3.63, 3.8) is 0 Å². The molecule has 0 radical (unpaired) electrons. The van der Waals surface area contributed by atoms with Gasteiger partial charge in [-0.25, -0.2) is 9.18 Å². The van der Waals surface area contributed by atoms with Gasteiger partial charge in [0.25, 0.3) is 5.91 Å². The largest absolute Gasteiger partial charge is 0.454 e. The van der Waals surface area contributed by atoms with Crippen molar-refractivity contribution in [1.82, 2.24) is 5.32 Å². The molecule has 0 unspecified atom stereocenters. The van der Waals surface area contributed by atoms with Gasteiger partial charge in [-0.1, -0.05) is 12.1 Å². The van der Waals surface area contributed by atoms with Crippen molar-refractivity contribution >= 4 is 11.9 Å². The Kier molecular flexibility index (Phi) is 4.83. The molecule has 1 amide bonds. The number of amides is 1. The van der Waals surface area contributed by atoms with Gasteiger partial charge in [0.05, 0.1) is 5.56 Å². The fourth-order valence-corrected chi connectivity index (χ4v) is 2.28. The highest BCUT2D eigenvalue weighted by atomic mass is 19.1. The Labute approximate surface area is 143 Å². The van der Waals surface area contributed by atoms with Crippen molar-refractivity contribution in [2.45, 2.75) is 19.6 Å². The Bertz CT molecular complexity index is 808. The van der Waals surface area contributed by atoms with Crippen molar-refractivity contribution in [2.75, 3.05) is 6.79 Å². The van der Waals surface area contributed by atoms with Crippen molar-refractivity contribution in [3.8, 4) is 11.5 Å². The highest BCUT2D eigenvalue weighted by molar-refractivity contribution is 5.92. The summed E-state index contributed by atoms with van der Waals surface area (Å²) in [4.78, 5) is 24.0. The number of hydrogen-bond donors (Lipinski definition) is 1. The summed E-state index contributed by atoms with van der Waals surface area (Å²) in [6.07, 6.45) is -1.01. The fraction of sp³-hybridized carbons (Fsp3) is 0.222. The summed E-state index contributed by atoms with van der Waals surface area (Å²) in [5, 5.41) is 2.67. The first kappa shape index (κ1) is 16.8. The Balaban J connectivity index is 1.53. The van der Waals surface area contributed by atoms with E-state index >= 15 is 0 Å². The zero-order chi connectivity index (χ0) is 17.8. The van der Waals surface area contributed by atoms with Crippen LogP contribution in [0, 0.1) is 5.82 Å². The number of ether oxygens (including phenoxy) is 3. The predicted molar refractivity (Wildman–Crippen MR) is 85.7 cm³/mol. The van der Waals surface area contributed by atoms with Gasteiger partial charge in [-0.15, -0.1) is 0 Å². The number of nitrogens with one attached hydrogen (secondary N) is 1. The predicted octanol–water partition coefficient (Wildman–Crippen LogP) is 2.42. The lowest BCUT2D eigenvalue weighted by Crippen LogP contribution is -2.35. The summed E-state index contributed by atoms with van der Waals surface area (Å²) in [6.45, 7) is 1.88. The molecule has 2 aromatic carbocycles. The molecule has 0 aliphatic carbocycles. The molecule has 1 heterocycles. The first-order valence-electron chi connectivity index (χ1n) is 7.66. The Morgan fingerprint density at radius 3 is 2.80 bits per heavy atom. The molecule has 7 heteroatoms. The van der Waals surface area contributed by atoms with Gasteiger partial charge in [-0.3, -0.25) is 4.79 Å². The number of fused-ring (bicyclic) bond motifs is 1. The summed E-state index contributed by atoms with van der Waals surface area (Å²) in [5.41, 5.74) is 0.872. The summed E-state index contributed by atoms with van der Waals surface area (Å²) in [5.74, 6) is -0.480. The Hall–Kier alpha value is -3.09. The molecular formula is C18H16FNO5. The molecule has 1 N–H and O–H groups in total. The number of benzene rings is 2. The summed E-state index contributed by atoms with van der Waals surface area (Å²) < 4.78 is 28.7. The van der Waals surface area contributed by atoms with E-state index in [4.69, 9.17) is 14.2 Å². The second-order valence-electron chi connectivity index (χ2n) is 5.46. The van der Waals surface area contributed by atoms with E-state index in [0.29, 0.717) is 11.5 Å². The molecule has 130 valence electrons. The standard InChI is InChI=1S/C18H16FNO5/c1-11(25-18(22)13-3-2-4-14(19)8-13)17(21)20-9-12-5-6-15-16(7-12)24-10-23-15/h2-8,11H,9-10H2,1H3,(H,20,21)/t11-/m0/s1. The minimum absolute atomic E-state index is 0.0513. The van der Waals surface area contributed by atoms with Crippen LogP contribution >= 0.6 is 0 Å². The number of carbonyl (C=O) groups is 2. The van der Waals surface area contributed by atoms with Crippen LogP contribution in [0.2, 0.25) is 0 Å². The van der Waals surface area contributed by atoms with Gasteiger partial charge in [-0.2, -0.15) is 0 Å². The first-order chi connectivity index (χ1) is 12.0. The normalized spacial score (nSPS) is 13.2. The number of halogens is 1. The molecule has 25 heavy (non-hydrogen) atoms. The van der Waals surface area contributed by atoms with Crippen molar-refractivity contribution < 1.29 is 28.2 Å². The molecule has 0 saturated carbocycles. The van der Waals surface area contributed by atoms with E-state index in [0.717, 1.165) is 11.6 Å². The van der Waals surface area contributed by atoms with Gasteiger partial charge in [0.2, 0.25) is 6.79 Å². The highest BCUT2D eigenvalue weighted by Crippen LogP contribution is 2.32. The number of rotatable bonds is 5. The van der Waals surface area contributed by atoms with Crippen molar-refractivity contribution in [3.05, 3.63) is 59.4 Å². The molecule has 0 spiro atoms. The fourth-order valence-electron chi connectivity index (χ4n) is 2.28. The third kappa shape index (κ3) is 4.06. The molecular weight excluding hydrogens is 329 g/mol. The third-order valence-electron chi connectivity index (χ3n) is 3.62. The van der Waals surface area contributed by atoms with E-state index < -0.39 is 23.8 Å². The maximum Gasteiger partial charge on any atom is 0.339 e. The molecule has 6 nitrogen and oxygen atoms in total. The van der Waals surface area contributed by atoms with Crippen LogP contribution in [-0.4, -0.2) is 24.8 Å². The molecule has 2 aromatic rings. The molecule has 0 bridgehead atoms. The van der Waals surface area contributed by atoms with Crippen LogP contribution in [0.5, 0.6) is 11.5 Å². The summed E-state index contributed by atoms with van der Waals surface area (Å²) >= 11 is 0. The molecule has 1 atom stereocenters. The van der Waals surface area contributed by atoms with E-state index in [2.05, 4.69) is 5.32 Å². The van der Waals surface area contributed by atoms with Crippen LogP contribution < -0.4 is 14.8 Å². The lowest BCUT2D eigenvalue weighted by molar-refractivity contribution is -0.129. The van der Waals surface area contributed by atoms with E-state index in [1.165, 1.54) is 25.1 Å². The van der Waals surface area contributed by atoms with Gasteiger partial charge in [-0.05, 0) is 42.8 Å². The van der Waals surface area contributed by atoms with Crippen LogP contribution in [0.15, 0.2) is 42.5 Å². The van der Waals surface area contributed by atoms with Gasteiger partial charge < -0.3 is 19.5 Å². The third-order valence-corrected chi connectivity index (χ3v) is 3.62. The van der Waals surface area contributed by atoms with Crippen LogP contribution in [0.25, 0.3) is 0 Å². The molecule has 1 aliphatic heterocycles. The SMILES string of the molecule is C[C@H](OC(=O)c1cccc(F)c1)C(=O)NCc1ccc2c(c1)OCO2. The van der Waals surface area contributed by atoms with E-state index in [1.807, 2.05) is 0 Å². The van der Waals surface area contributed by atoms with E-state index in [-0.39, 0.29) is 18.9 Å². The van der Waals surface area contributed by atoms with E-state index in [1.54, 1.807) is 18.2 Å². The smallest absolute Gasteiger partial charge is 0.339 e. The monoisotopic (exact) mass is 345 g/mol. The van der Waals surface area contributed by atoms with Gasteiger partial charge >= 0.3 is 5.97 Å².